The number of piperidine rings is 3. The molecule has 6 heteroatoms. The van der Waals surface area contributed by atoms with E-state index in [2.05, 4.69) is 41.9 Å². The fourth-order valence-corrected chi connectivity index (χ4v) is 6.83. The van der Waals surface area contributed by atoms with Gasteiger partial charge in [0.05, 0.1) is 18.6 Å². The lowest BCUT2D eigenvalue weighted by molar-refractivity contribution is -0.998. The van der Waals surface area contributed by atoms with Crippen LogP contribution in [0.25, 0.3) is 10.9 Å². The van der Waals surface area contributed by atoms with Crippen molar-refractivity contribution in [2.75, 3.05) is 13.1 Å². The maximum atomic E-state index is 12.1. The van der Waals surface area contributed by atoms with Gasteiger partial charge in [-0.2, -0.15) is 0 Å². The van der Waals surface area contributed by atoms with Crippen LogP contribution in [0.3, 0.4) is 0 Å². The van der Waals surface area contributed by atoms with Crippen LogP contribution < -0.4 is 12.4 Å². The van der Waals surface area contributed by atoms with E-state index in [9.17, 15) is 5.11 Å². The van der Waals surface area contributed by atoms with Crippen LogP contribution in [-0.2, 0) is 11.6 Å². The number of rotatable bonds is 5. The van der Waals surface area contributed by atoms with Crippen molar-refractivity contribution in [2.45, 2.75) is 29.4 Å². The molecular formula is C26H27Cl3N2O. The van der Waals surface area contributed by atoms with E-state index in [0.717, 1.165) is 37.0 Å². The topological polar surface area (TPSA) is 33.1 Å². The molecule has 5 atom stereocenters. The summed E-state index contributed by atoms with van der Waals surface area (Å²) in [5.74, 6) is 0.732. The molecule has 3 fully saturated rings. The maximum absolute atomic E-state index is 12.1. The van der Waals surface area contributed by atoms with Crippen LogP contribution in [0.1, 0.15) is 24.0 Å². The highest BCUT2D eigenvalue weighted by atomic mass is 35.5. The molecule has 2 aromatic carbocycles. The lowest BCUT2D eigenvalue weighted by Gasteiger charge is -2.63. The van der Waals surface area contributed by atoms with E-state index in [-0.39, 0.29) is 12.4 Å². The molecule has 0 amide bonds. The Morgan fingerprint density at radius 1 is 1.16 bits per heavy atom. The summed E-state index contributed by atoms with van der Waals surface area (Å²) in [5.41, 5.74) is 2.62. The van der Waals surface area contributed by atoms with Crippen LogP contribution in [0.5, 0.6) is 0 Å². The molecule has 0 radical (unpaired) electrons. The van der Waals surface area contributed by atoms with E-state index in [1.54, 1.807) is 6.20 Å². The van der Waals surface area contributed by atoms with Crippen molar-refractivity contribution in [2.24, 2.45) is 11.8 Å². The summed E-state index contributed by atoms with van der Waals surface area (Å²) in [5, 5.41) is 11.1. The number of aliphatic hydroxyl groups is 1. The average molecular weight is 490 g/mol. The second kappa shape index (κ2) is 8.62. The van der Waals surface area contributed by atoms with Gasteiger partial charge in [-0.1, -0.05) is 66.2 Å². The normalized spacial score (nSPS) is 31.0. The second-order valence-electron chi connectivity index (χ2n) is 9.10. The van der Waals surface area contributed by atoms with Gasteiger partial charge >= 0.3 is 0 Å². The standard InChI is InChI=1S/C26H27Cl2N2O.ClH/c1-2-20-18-30(17-19-8-4-3-5-9-19)15-13-21(20)16-25(30,27)26(28,31)23-12-14-29-24-11-7-6-10-22(23)24;/h2-12,14,20-21,31H,1,13,15-18H2;1H/q+1;/p-1/t20-,21-,25+,26-,30?;/m0./s1. The molecular weight excluding hydrogens is 463 g/mol. The van der Waals surface area contributed by atoms with Gasteiger partial charge in [0, 0.05) is 41.5 Å². The van der Waals surface area contributed by atoms with Crippen molar-refractivity contribution in [3.05, 3.63) is 90.6 Å². The van der Waals surface area contributed by atoms with Crippen LogP contribution >= 0.6 is 23.2 Å². The molecule has 1 aromatic heterocycles. The van der Waals surface area contributed by atoms with Gasteiger partial charge in [0.2, 0.25) is 10.1 Å². The molecule has 32 heavy (non-hydrogen) atoms. The summed E-state index contributed by atoms with van der Waals surface area (Å²) in [6.45, 7) is 6.52. The first kappa shape index (κ1) is 23.5. The summed E-state index contributed by atoms with van der Waals surface area (Å²) in [6, 6.07) is 20.0. The number of nitrogens with zero attached hydrogens (tertiary/aromatic N) is 2. The molecule has 3 aromatic rings. The molecule has 168 valence electrons. The third-order valence-corrected chi connectivity index (χ3v) is 8.92. The highest BCUT2D eigenvalue weighted by Gasteiger charge is 2.69. The first-order valence-electron chi connectivity index (χ1n) is 10.9. The predicted octanol–water partition coefficient (Wildman–Crippen LogP) is 2.80. The van der Waals surface area contributed by atoms with Gasteiger partial charge in [0.15, 0.2) is 0 Å². The summed E-state index contributed by atoms with van der Waals surface area (Å²) >= 11 is 14.7. The summed E-state index contributed by atoms with van der Waals surface area (Å²) in [4.78, 5) is 3.38. The van der Waals surface area contributed by atoms with E-state index >= 15 is 0 Å². The fraction of sp³-hybridized carbons (Fsp3) is 0.346. The van der Waals surface area contributed by atoms with Crippen molar-refractivity contribution < 1.29 is 22.0 Å². The lowest BCUT2D eigenvalue weighted by Crippen LogP contribution is -3.00. The van der Waals surface area contributed by atoms with Gasteiger partial charge in [-0.25, -0.2) is 0 Å². The number of pyridine rings is 1. The molecule has 3 aliphatic rings. The van der Waals surface area contributed by atoms with Crippen LogP contribution in [-0.4, -0.2) is 32.7 Å². The Morgan fingerprint density at radius 3 is 2.62 bits per heavy atom. The number of hydrogen-bond acceptors (Lipinski definition) is 2. The zero-order valence-corrected chi connectivity index (χ0v) is 20.1. The van der Waals surface area contributed by atoms with Gasteiger partial charge in [0.1, 0.15) is 6.54 Å². The number of hydrogen-bond donors (Lipinski definition) is 1. The number of benzene rings is 2. The van der Waals surface area contributed by atoms with Gasteiger partial charge in [-0.3, -0.25) is 9.47 Å². The zero-order chi connectivity index (χ0) is 21.7. The molecule has 0 aliphatic carbocycles. The number of para-hydroxylation sites is 1. The van der Waals surface area contributed by atoms with Gasteiger partial charge in [-0.15, -0.1) is 6.58 Å². The van der Waals surface area contributed by atoms with Crippen molar-refractivity contribution in [1.29, 1.82) is 0 Å². The molecule has 3 saturated heterocycles. The highest BCUT2D eigenvalue weighted by molar-refractivity contribution is 6.33. The van der Waals surface area contributed by atoms with Crippen molar-refractivity contribution in [1.82, 2.24) is 4.98 Å². The third-order valence-electron chi connectivity index (χ3n) is 7.52. The zero-order valence-electron chi connectivity index (χ0n) is 17.8. The third kappa shape index (κ3) is 3.46. The molecule has 0 spiro atoms. The summed E-state index contributed by atoms with van der Waals surface area (Å²) in [6.07, 6.45) is 5.46. The van der Waals surface area contributed by atoms with E-state index in [1.807, 2.05) is 36.4 Å². The van der Waals surface area contributed by atoms with Gasteiger partial charge in [-0.05, 0) is 29.7 Å². The minimum Gasteiger partial charge on any atom is -1.00 e. The molecule has 3 aliphatic heterocycles. The number of halogens is 3. The quantitative estimate of drug-likeness (QED) is 0.259. The largest absolute Gasteiger partial charge is 1.00 e. The Bertz CT molecular complexity index is 1120. The smallest absolute Gasteiger partial charge is 0.235 e. The van der Waals surface area contributed by atoms with Crippen LogP contribution in [0, 0.1) is 11.8 Å². The average Bonchev–Trinajstić information content (AvgIpc) is 2.80. The molecule has 3 nitrogen and oxygen atoms in total. The minimum atomic E-state index is -1.75. The Kier molecular flexibility index (Phi) is 6.34. The Balaban J connectivity index is 0.00000245. The number of quaternary nitrogens is 1. The van der Waals surface area contributed by atoms with Crippen LogP contribution in [0.2, 0.25) is 0 Å². The Morgan fingerprint density at radius 2 is 1.88 bits per heavy atom. The van der Waals surface area contributed by atoms with Gasteiger partial charge < -0.3 is 17.5 Å². The SMILES string of the molecule is C=C[C@H]1C[N+]2(Cc3ccccc3)CC[C@H]1C[C@]2(Cl)[C@](O)(Cl)c1ccnc2ccccc12.[Cl-]. The maximum Gasteiger partial charge on any atom is 0.235 e. The predicted molar refractivity (Wildman–Crippen MR) is 127 cm³/mol. The molecule has 1 unspecified atom stereocenters. The van der Waals surface area contributed by atoms with Crippen molar-refractivity contribution in [3.63, 3.8) is 0 Å². The number of aromatic nitrogens is 1. The fourth-order valence-electron chi connectivity index (χ4n) is 5.90. The van der Waals surface area contributed by atoms with Crippen LogP contribution in [0.4, 0.5) is 0 Å². The summed E-state index contributed by atoms with van der Waals surface area (Å²) < 4.78 is 0.530. The van der Waals surface area contributed by atoms with E-state index < -0.39 is 10.1 Å². The van der Waals surface area contributed by atoms with E-state index in [4.69, 9.17) is 23.2 Å². The molecule has 2 bridgehead atoms. The Hall–Kier alpha value is -1.62. The monoisotopic (exact) mass is 488 g/mol. The van der Waals surface area contributed by atoms with E-state index in [0.29, 0.717) is 28.3 Å². The van der Waals surface area contributed by atoms with Crippen LogP contribution in [0.15, 0.2) is 79.5 Å². The molecule has 0 saturated carbocycles. The molecule has 6 rings (SSSR count). The van der Waals surface area contributed by atoms with Crippen molar-refractivity contribution in [3.8, 4) is 0 Å². The minimum absolute atomic E-state index is 0. The highest BCUT2D eigenvalue weighted by Crippen LogP contribution is 2.60. The lowest BCUT2D eigenvalue weighted by atomic mass is 9.70. The Labute approximate surface area is 205 Å². The molecule has 4 heterocycles. The van der Waals surface area contributed by atoms with Gasteiger partial charge in [0.25, 0.3) is 0 Å². The van der Waals surface area contributed by atoms with Crippen molar-refractivity contribution >= 4 is 34.1 Å². The number of fused-ring (bicyclic) bond motifs is 4. The first-order valence-corrected chi connectivity index (χ1v) is 11.6. The first-order chi connectivity index (χ1) is 14.9. The van der Waals surface area contributed by atoms with E-state index in [1.165, 1.54) is 5.56 Å². The summed E-state index contributed by atoms with van der Waals surface area (Å²) in [7, 11) is 0. The second-order valence-corrected chi connectivity index (χ2v) is 10.3. The number of alkyl halides is 2. The molecule has 1 N–H and O–H groups in total.